The summed E-state index contributed by atoms with van der Waals surface area (Å²) in [5, 5.41) is 5.99. The number of benzene rings is 2. The fraction of sp³-hybridized carbons (Fsp3) is 0.227. The molecule has 0 fully saturated rings. The molecule has 0 saturated carbocycles. The Morgan fingerprint density at radius 3 is 2.29 bits per heavy atom. The van der Waals surface area contributed by atoms with Gasteiger partial charge in [0, 0.05) is 24.6 Å². The second kappa shape index (κ2) is 10.1. The molecule has 144 valence electrons. The molecular weight excluding hydrogens is 352 g/mol. The van der Waals surface area contributed by atoms with Crippen LogP contribution in [0.2, 0.25) is 0 Å². The topological polar surface area (TPSA) is 76.1 Å². The minimum Gasteiger partial charge on any atom is -0.457 e. The lowest BCUT2D eigenvalue weighted by molar-refractivity contribution is 0.0952. The van der Waals surface area contributed by atoms with Crippen molar-refractivity contribution in [1.29, 1.82) is 0 Å². The van der Waals surface area contributed by atoms with Crippen molar-refractivity contribution in [3.8, 4) is 11.5 Å². The number of rotatable bonds is 9. The van der Waals surface area contributed by atoms with Gasteiger partial charge < -0.3 is 15.4 Å². The fourth-order valence-corrected chi connectivity index (χ4v) is 2.55. The van der Waals surface area contributed by atoms with Gasteiger partial charge in [-0.2, -0.15) is 0 Å². The lowest BCUT2D eigenvalue weighted by Gasteiger charge is -2.08. The minimum absolute atomic E-state index is 0.148. The van der Waals surface area contributed by atoms with Gasteiger partial charge in [0.2, 0.25) is 5.95 Å². The molecule has 0 unspecified atom stereocenters. The number of amides is 1. The number of nitrogens with one attached hydrogen (secondary N) is 2. The molecule has 1 aromatic heterocycles. The van der Waals surface area contributed by atoms with E-state index in [1.165, 1.54) is 12.4 Å². The number of hydrogen-bond donors (Lipinski definition) is 2. The van der Waals surface area contributed by atoms with Gasteiger partial charge in [-0.1, -0.05) is 38.0 Å². The summed E-state index contributed by atoms with van der Waals surface area (Å²) < 4.78 is 5.77. The summed E-state index contributed by atoms with van der Waals surface area (Å²) in [5.74, 6) is 1.81. The Bertz CT molecular complexity index is 865. The molecule has 0 saturated heterocycles. The van der Waals surface area contributed by atoms with Crippen LogP contribution in [0, 0.1) is 0 Å². The van der Waals surface area contributed by atoms with Gasteiger partial charge in [0.05, 0.1) is 5.56 Å². The number of carbonyl (C=O) groups is 1. The third-order valence-corrected chi connectivity index (χ3v) is 4.07. The Balaban J connectivity index is 1.53. The van der Waals surface area contributed by atoms with Gasteiger partial charge in [0.1, 0.15) is 11.5 Å². The quantitative estimate of drug-likeness (QED) is 0.518. The SMILES string of the molecule is CCCCCNC(=O)c1cnc(Nc2ccc(Oc3ccccc3)cc2)nc1. The summed E-state index contributed by atoms with van der Waals surface area (Å²) in [4.78, 5) is 20.5. The number of anilines is 2. The molecule has 0 aliphatic heterocycles. The number of ether oxygens (including phenoxy) is 1. The van der Waals surface area contributed by atoms with Crippen molar-refractivity contribution in [1.82, 2.24) is 15.3 Å². The maximum atomic E-state index is 12.0. The second-order valence-electron chi connectivity index (χ2n) is 6.32. The van der Waals surface area contributed by atoms with Crippen LogP contribution in [0.5, 0.6) is 11.5 Å². The maximum absolute atomic E-state index is 12.0. The highest BCUT2D eigenvalue weighted by atomic mass is 16.5. The first-order valence-corrected chi connectivity index (χ1v) is 9.45. The highest BCUT2D eigenvalue weighted by Crippen LogP contribution is 2.23. The Hall–Kier alpha value is -3.41. The van der Waals surface area contributed by atoms with E-state index in [4.69, 9.17) is 4.74 Å². The van der Waals surface area contributed by atoms with Crippen molar-refractivity contribution < 1.29 is 9.53 Å². The monoisotopic (exact) mass is 376 g/mol. The zero-order chi connectivity index (χ0) is 19.6. The molecule has 6 nitrogen and oxygen atoms in total. The molecule has 1 heterocycles. The Morgan fingerprint density at radius 2 is 1.61 bits per heavy atom. The highest BCUT2D eigenvalue weighted by molar-refractivity contribution is 5.93. The van der Waals surface area contributed by atoms with Gasteiger partial charge >= 0.3 is 0 Å². The number of para-hydroxylation sites is 1. The lowest BCUT2D eigenvalue weighted by Crippen LogP contribution is -2.24. The summed E-state index contributed by atoms with van der Waals surface area (Å²) in [6, 6.07) is 17.1. The van der Waals surface area contributed by atoms with Crippen molar-refractivity contribution in [3.05, 3.63) is 72.6 Å². The summed E-state index contributed by atoms with van der Waals surface area (Å²) in [7, 11) is 0. The smallest absolute Gasteiger partial charge is 0.254 e. The second-order valence-corrected chi connectivity index (χ2v) is 6.32. The zero-order valence-electron chi connectivity index (χ0n) is 15.9. The first-order valence-electron chi connectivity index (χ1n) is 9.45. The molecule has 0 aliphatic rings. The Morgan fingerprint density at radius 1 is 0.929 bits per heavy atom. The third-order valence-electron chi connectivity index (χ3n) is 4.07. The number of nitrogens with zero attached hydrogens (tertiary/aromatic N) is 2. The lowest BCUT2D eigenvalue weighted by atomic mass is 10.2. The van der Waals surface area contributed by atoms with Gasteiger partial charge in [-0.25, -0.2) is 9.97 Å². The average Bonchev–Trinajstić information content (AvgIpc) is 2.74. The summed E-state index contributed by atoms with van der Waals surface area (Å²) in [5.41, 5.74) is 1.28. The van der Waals surface area contributed by atoms with E-state index in [0.717, 1.165) is 36.4 Å². The van der Waals surface area contributed by atoms with Crippen molar-refractivity contribution in [2.75, 3.05) is 11.9 Å². The van der Waals surface area contributed by atoms with Crippen LogP contribution in [0.4, 0.5) is 11.6 Å². The largest absolute Gasteiger partial charge is 0.457 e. The molecule has 0 radical (unpaired) electrons. The third kappa shape index (κ3) is 5.81. The van der Waals surface area contributed by atoms with E-state index in [0.29, 0.717) is 18.1 Å². The van der Waals surface area contributed by atoms with E-state index in [-0.39, 0.29) is 5.91 Å². The maximum Gasteiger partial charge on any atom is 0.254 e. The van der Waals surface area contributed by atoms with E-state index in [1.54, 1.807) is 0 Å². The van der Waals surface area contributed by atoms with E-state index in [1.807, 2.05) is 54.6 Å². The zero-order valence-corrected chi connectivity index (χ0v) is 15.9. The predicted octanol–water partition coefficient (Wildman–Crippen LogP) is 4.93. The minimum atomic E-state index is -0.148. The Kier molecular flexibility index (Phi) is 6.95. The van der Waals surface area contributed by atoms with Crippen molar-refractivity contribution in [2.24, 2.45) is 0 Å². The molecule has 2 aromatic carbocycles. The molecule has 0 spiro atoms. The first kappa shape index (κ1) is 19.4. The van der Waals surface area contributed by atoms with Crippen LogP contribution in [0.3, 0.4) is 0 Å². The van der Waals surface area contributed by atoms with Crippen LogP contribution in [0.15, 0.2) is 67.0 Å². The van der Waals surface area contributed by atoms with Crippen LogP contribution < -0.4 is 15.4 Å². The van der Waals surface area contributed by atoms with E-state index in [9.17, 15) is 4.79 Å². The fourth-order valence-electron chi connectivity index (χ4n) is 2.55. The standard InChI is InChI=1S/C22H24N4O2/c1-2-3-7-14-23-21(27)17-15-24-22(25-16-17)26-18-10-12-20(13-11-18)28-19-8-5-4-6-9-19/h4-6,8-13,15-16H,2-3,7,14H2,1H3,(H,23,27)(H,24,25,26). The number of unbranched alkanes of at least 4 members (excludes halogenated alkanes) is 2. The Labute approximate surface area is 165 Å². The van der Waals surface area contributed by atoms with Gasteiger partial charge in [0.25, 0.3) is 5.91 Å². The number of aromatic nitrogens is 2. The van der Waals surface area contributed by atoms with E-state index < -0.39 is 0 Å². The molecule has 1 amide bonds. The van der Waals surface area contributed by atoms with Gasteiger partial charge in [0.15, 0.2) is 0 Å². The molecule has 3 rings (SSSR count). The van der Waals surface area contributed by atoms with Gasteiger partial charge in [-0.3, -0.25) is 4.79 Å². The van der Waals surface area contributed by atoms with Crippen LogP contribution >= 0.6 is 0 Å². The highest BCUT2D eigenvalue weighted by Gasteiger charge is 2.07. The van der Waals surface area contributed by atoms with Crippen LogP contribution in [0.1, 0.15) is 36.5 Å². The first-order chi connectivity index (χ1) is 13.7. The molecule has 3 aromatic rings. The van der Waals surface area contributed by atoms with Crippen molar-refractivity contribution in [3.63, 3.8) is 0 Å². The van der Waals surface area contributed by atoms with E-state index >= 15 is 0 Å². The molecule has 6 heteroatoms. The van der Waals surface area contributed by atoms with Crippen molar-refractivity contribution >= 4 is 17.5 Å². The molecule has 28 heavy (non-hydrogen) atoms. The number of carbonyl (C=O) groups excluding carboxylic acids is 1. The summed E-state index contributed by atoms with van der Waals surface area (Å²) in [6.07, 6.45) is 6.26. The number of hydrogen-bond acceptors (Lipinski definition) is 5. The molecule has 0 aliphatic carbocycles. The normalized spacial score (nSPS) is 10.3. The van der Waals surface area contributed by atoms with Crippen LogP contribution in [-0.4, -0.2) is 22.4 Å². The molecule has 0 atom stereocenters. The summed E-state index contributed by atoms with van der Waals surface area (Å²) in [6.45, 7) is 2.80. The van der Waals surface area contributed by atoms with Gasteiger partial charge in [-0.05, 0) is 42.8 Å². The van der Waals surface area contributed by atoms with Crippen LogP contribution in [0.25, 0.3) is 0 Å². The average molecular weight is 376 g/mol. The van der Waals surface area contributed by atoms with E-state index in [2.05, 4.69) is 27.5 Å². The predicted molar refractivity (Wildman–Crippen MR) is 110 cm³/mol. The van der Waals surface area contributed by atoms with Crippen LogP contribution in [-0.2, 0) is 0 Å². The van der Waals surface area contributed by atoms with Crippen molar-refractivity contribution in [2.45, 2.75) is 26.2 Å². The molecule has 0 bridgehead atoms. The molecule has 2 N–H and O–H groups in total. The van der Waals surface area contributed by atoms with Gasteiger partial charge in [-0.15, -0.1) is 0 Å². The summed E-state index contributed by atoms with van der Waals surface area (Å²) >= 11 is 0. The molecular formula is C22H24N4O2.